The van der Waals surface area contributed by atoms with E-state index in [9.17, 15) is 4.39 Å². The standard InChI is InChI=1S/C16H24FN/c1-4-8-18-12-16(10-15(2,3)11-16)13-6-5-7-14(17)9-13/h5-7,9,18H,4,8,10-12H2,1-3H3. The molecule has 1 aromatic rings. The van der Waals surface area contributed by atoms with Crippen molar-refractivity contribution >= 4 is 0 Å². The SMILES string of the molecule is CCCNCC1(c2cccc(F)c2)CC(C)(C)C1. The van der Waals surface area contributed by atoms with E-state index >= 15 is 0 Å². The summed E-state index contributed by atoms with van der Waals surface area (Å²) in [6.07, 6.45) is 3.42. The molecule has 1 aliphatic carbocycles. The second-order valence-corrected chi connectivity index (χ2v) is 6.49. The maximum atomic E-state index is 13.4. The van der Waals surface area contributed by atoms with Crippen LogP contribution in [0.5, 0.6) is 0 Å². The predicted octanol–water partition coefficient (Wildman–Crippen LogP) is 3.88. The van der Waals surface area contributed by atoms with Crippen LogP contribution in [0.25, 0.3) is 0 Å². The van der Waals surface area contributed by atoms with Gasteiger partial charge in [0.25, 0.3) is 0 Å². The van der Waals surface area contributed by atoms with Crippen LogP contribution in [0, 0.1) is 11.2 Å². The fraction of sp³-hybridized carbons (Fsp3) is 0.625. The van der Waals surface area contributed by atoms with Crippen LogP contribution in [-0.4, -0.2) is 13.1 Å². The highest BCUT2D eigenvalue weighted by atomic mass is 19.1. The molecule has 100 valence electrons. The monoisotopic (exact) mass is 249 g/mol. The molecule has 0 radical (unpaired) electrons. The highest BCUT2D eigenvalue weighted by Crippen LogP contribution is 2.55. The molecule has 0 bridgehead atoms. The van der Waals surface area contributed by atoms with Gasteiger partial charge in [0.15, 0.2) is 0 Å². The Balaban J connectivity index is 2.16. The van der Waals surface area contributed by atoms with E-state index in [2.05, 4.69) is 32.2 Å². The van der Waals surface area contributed by atoms with Gasteiger partial charge < -0.3 is 5.32 Å². The van der Waals surface area contributed by atoms with E-state index in [0.717, 1.165) is 37.9 Å². The van der Waals surface area contributed by atoms with Crippen molar-refractivity contribution in [1.82, 2.24) is 5.32 Å². The Hall–Kier alpha value is -0.890. The zero-order chi connectivity index (χ0) is 13.2. The quantitative estimate of drug-likeness (QED) is 0.781. The largest absolute Gasteiger partial charge is 0.316 e. The lowest BCUT2D eigenvalue weighted by Crippen LogP contribution is -2.52. The third-order valence-corrected chi connectivity index (χ3v) is 3.96. The van der Waals surface area contributed by atoms with Gasteiger partial charge in [0.1, 0.15) is 5.82 Å². The molecule has 18 heavy (non-hydrogen) atoms. The van der Waals surface area contributed by atoms with Gasteiger partial charge in [-0.2, -0.15) is 0 Å². The Morgan fingerprint density at radius 1 is 1.28 bits per heavy atom. The van der Waals surface area contributed by atoms with Gasteiger partial charge in [-0.25, -0.2) is 4.39 Å². The summed E-state index contributed by atoms with van der Waals surface area (Å²) in [7, 11) is 0. The minimum absolute atomic E-state index is 0.118. The molecule has 0 aromatic heterocycles. The molecule has 2 heteroatoms. The van der Waals surface area contributed by atoms with Crippen molar-refractivity contribution in [2.45, 2.75) is 45.4 Å². The molecule has 2 rings (SSSR count). The first-order chi connectivity index (χ1) is 8.47. The van der Waals surface area contributed by atoms with E-state index in [0.29, 0.717) is 5.41 Å². The molecule has 0 atom stereocenters. The van der Waals surface area contributed by atoms with Gasteiger partial charge in [-0.15, -0.1) is 0 Å². The fourth-order valence-corrected chi connectivity index (χ4v) is 3.53. The highest BCUT2D eigenvalue weighted by Gasteiger charge is 2.49. The highest BCUT2D eigenvalue weighted by molar-refractivity contribution is 5.31. The molecule has 0 unspecified atom stereocenters. The van der Waals surface area contributed by atoms with E-state index in [-0.39, 0.29) is 11.2 Å². The maximum Gasteiger partial charge on any atom is 0.123 e. The lowest BCUT2D eigenvalue weighted by Gasteiger charge is -2.54. The molecule has 1 saturated carbocycles. The molecular weight excluding hydrogens is 225 g/mol. The molecule has 1 nitrogen and oxygen atoms in total. The molecule has 0 amide bonds. The van der Waals surface area contributed by atoms with E-state index in [1.54, 1.807) is 6.07 Å². The summed E-state index contributed by atoms with van der Waals surface area (Å²) in [5.41, 5.74) is 1.69. The average Bonchev–Trinajstić information content (AvgIpc) is 2.26. The summed E-state index contributed by atoms with van der Waals surface area (Å²) in [6, 6.07) is 7.15. The van der Waals surface area contributed by atoms with E-state index < -0.39 is 0 Å². The van der Waals surface area contributed by atoms with Crippen LogP contribution in [0.3, 0.4) is 0 Å². The van der Waals surface area contributed by atoms with E-state index in [4.69, 9.17) is 0 Å². The Kier molecular flexibility index (Phi) is 3.76. The smallest absolute Gasteiger partial charge is 0.123 e. The van der Waals surface area contributed by atoms with Crippen LogP contribution in [0.15, 0.2) is 24.3 Å². The van der Waals surface area contributed by atoms with Crippen molar-refractivity contribution in [3.63, 3.8) is 0 Å². The van der Waals surface area contributed by atoms with Crippen LogP contribution in [0.2, 0.25) is 0 Å². The van der Waals surface area contributed by atoms with Gasteiger partial charge >= 0.3 is 0 Å². The van der Waals surface area contributed by atoms with Crippen LogP contribution >= 0.6 is 0 Å². The first-order valence-electron chi connectivity index (χ1n) is 6.94. The molecule has 0 saturated heterocycles. The number of halogens is 1. The third-order valence-electron chi connectivity index (χ3n) is 3.96. The zero-order valence-corrected chi connectivity index (χ0v) is 11.7. The Labute approximate surface area is 110 Å². The van der Waals surface area contributed by atoms with Crippen molar-refractivity contribution in [3.05, 3.63) is 35.6 Å². The van der Waals surface area contributed by atoms with Gasteiger partial charge in [0.2, 0.25) is 0 Å². The second kappa shape index (κ2) is 5.00. The van der Waals surface area contributed by atoms with Crippen molar-refractivity contribution in [2.24, 2.45) is 5.41 Å². The molecular formula is C16H24FN. The normalized spacial score (nSPS) is 20.4. The number of hydrogen-bond donors (Lipinski definition) is 1. The average molecular weight is 249 g/mol. The Morgan fingerprint density at radius 2 is 2.00 bits per heavy atom. The minimum Gasteiger partial charge on any atom is -0.316 e. The lowest BCUT2D eigenvalue weighted by molar-refractivity contribution is 0.0562. The molecule has 1 aromatic carbocycles. The van der Waals surface area contributed by atoms with Gasteiger partial charge in [-0.1, -0.05) is 32.9 Å². The molecule has 0 aliphatic heterocycles. The van der Waals surface area contributed by atoms with Gasteiger partial charge in [0.05, 0.1) is 0 Å². The van der Waals surface area contributed by atoms with E-state index in [1.807, 2.05) is 6.07 Å². The zero-order valence-electron chi connectivity index (χ0n) is 11.7. The number of nitrogens with one attached hydrogen (secondary N) is 1. The number of rotatable bonds is 5. The van der Waals surface area contributed by atoms with Crippen LogP contribution in [-0.2, 0) is 5.41 Å². The summed E-state index contributed by atoms with van der Waals surface area (Å²) in [5.74, 6) is -0.118. The number of benzene rings is 1. The topological polar surface area (TPSA) is 12.0 Å². The second-order valence-electron chi connectivity index (χ2n) is 6.49. The lowest BCUT2D eigenvalue weighted by atomic mass is 9.52. The predicted molar refractivity (Wildman–Crippen MR) is 74.3 cm³/mol. The Bertz CT molecular complexity index is 403. The summed E-state index contributed by atoms with van der Waals surface area (Å²) in [6.45, 7) is 8.77. The van der Waals surface area contributed by atoms with Crippen molar-refractivity contribution in [2.75, 3.05) is 13.1 Å². The van der Waals surface area contributed by atoms with Gasteiger partial charge in [0, 0.05) is 12.0 Å². The molecule has 1 fully saturated rings. The van der Waals surface area contributed by atoms with Gasteiger partial charge in [-0.05, 0) is 48.9 Å². The van der Waals surface area contributed by atoms with Crippen molar-refractivity contribution in [3.8, 4) is 0 Å². The third kappa shape index (κ3) is 2.74. The first kappa shape index (κ1) is 13.5. The summed E-state index contributed by atoms with van der Waals surface area (Å²) in [5, 5.41) is 3.51. The maximum absolute atomic E-state index is 13.4. The van der Waals surface area contributed by atoms with Crippen LogP contribution < -0.4 is 5.32 Å². The summed E-state index contributed by atoms with van der Waals surface area (Å²) >= 11 is 0. The van der Waals surface area contributed by atoms with Gasteiger partial charge in [-0.3, -0.25) is 0 Å². The first-order valence-corrected chi connectivity index (χ1v) is 6.94. The molecule has 0 heterocycles. The molecule has 0 spiro atoms. The summed E-state index contributed by atoms with van der Waals surface area (Å²) < 4.78 is 13.4. The fourth-order valence-electron chi connectivity index (χ4n) is 3.53. The van der Waals surface area contributed by atoms with E-state index in [1.165, 1.54) is 6.07 Å². The van der Waals surface area contributed by atoms with Crippen molar-refractivity contribution in [1.29, 1.82) is 0 Å². The molecule has 1 aliphatic rings. The van der Waals surface area contributed by atoms with Crippen LogP contribution in [0.1, 0.15) is 45.6 Å². The minimum atomic E-state index is -0.118. The Morgan fingerprint density at radius 3 is 2.56 bits per heavy atom. The van der Waals surface area contributed by atoms with Crippen LogP contribution in [0.4, 0.5) is 4.39 Å². The van der Waals surface area contributed by atoms with Crippen molar-refractivity contribution < 1.29 is 4.39 Å². The molecule has 1 N–H and O–H groups in total. The number of hydrogen-bond acceptors (Lipinski definition) is 1. The summed E-state index contributed by atoms with van der Waals surface area (Å²) in [4.78, 5) is 0.